The van der Waals surface area contributed by atoms with Gasteiger partial charge in [-0.3, -0.25) is 9.59 Å². The van der Waals surface area contributed by atoms with E-state index in [-0.39, 0.29) is 25.2 Å². The summed E-state index contributed by atoms with van der Waals surface area (Å²) in [6, 6.07) is 0. The van der Waals surface area contributed by atoms with Crippen molar-refractivity contribution in [2.45, 2.75) is 207 Å². The molecule has 0 radical (unpaired) electrons. The fourth-order valence-electron chi connectivity index (χ4n) is 6.07. The van der Waals surface area contributed by atoms with Crippen LogP contribution in [0.1, 0.15) is 201 Å². The molecule has 0 spiro atoms. The van der Waals surface area contributed by atoms with E-state index in [9.17, 15) is 9.59 Å². The fourth-order valence-corrected chi connectivity index (χ4v) is 6.07. The third kappa shape index (κ3) is 45.5. The summed E-state index contributed by atoms with van der Waals surface area (Å²) in [5.74, 6) is -0.455. The predicted molar refractivity (Wildman–Crippen MR) is 251 cm³/mol. The Morgan fingerprint density at radius 2 is 0.776 bits per heavy atom. The Morgan fingerprint density at radius 3 is 1.28 bits per heavy atom. The molecular weight excluding hydrogens is 717 g/mol. The third-order valence-electron chi connectivity index (χ3n) is 9.60. The summed E-state index contributed by atoms with van der Waals surface area (Å²) in [5.41, 5.74) is 0. The molecule has 58 heavy (non-hydrogen) atoms. The number of esters is 2. The van der Waals surface area contributed by atoms with E-state index in [0.29, 0.717) is 19.4 Å². The van der Waals surface area contributed by atoms with E-state index >= 15 is 0 Å². The maximum atomic E-state index is 12.6. The van der Waals surface area contributed by atoms with Gasteiger partial charge in [0.2, 0.25) is 0 Å². The van der Waals surface area contributed by atoms with Crippen LogP contribution in [0.25, 0.3) is 0 Å². The van der Waals surface area contributed by atoms with Gasteiger partial charge in [-0.2, -0.15) is 0 Å². The first-order chi connectivity index (χ1) is 28.6. The Balaban J connectivity index is 4.17. The largest absolute Gasteiger partial charge is 0.462 e. The van der Waals surface area contributed by atoms with Crippen molar-refractivity contribution in [3.05, 3.63) is 97.2 Å². The molecule has 0 heterocycles. The lowest BCUT2D eigenvalue weighted by atomic mass is 10.1. The van der Waals surface area contributed by atoms with E-state index in [2.05, 4.69) is 118 Å². The standard InChI is InChI=1S/C53H88O5/c1-4-7-10-13-15-17-19-21-23-25-27-28-30-32-34-36-38-41-43-46-52(54)57-50-51(58-53(55)47-44-40-12-9-6-3)49-56-48-45-42-39-37-35-33-31-29-26-24-22-20-18-16-14-11-8-5-2/h8,11,15-18,21-24,27-29,31,35,37,51H,4-7,9-10,12-14,19-20,25-26,30,32-34,36,38-50H2,1-3H3/b11-8-,17-15-,18-16-,23-21-,24-22-,28-27-,31-29-,37-35-. The zero-order chi connectivity index (χ0) is 42.1. The molecule has 1 unspecified atom stereocenters. The fraction of sp³-hybridized carbons (Fsp3) is 0.660. The van der Waals surface area contributed by atoms with Crippen molar-refractivity contribution >= 4 is 11.9 Å². The van der Waals surface area contributed by atoms with Crippen LogP contribution in [-0.4, -0.2) is 37.9 Å². The van der Waals surface area contributed by atoms with Crippen LogP contribution in [0, 0.1) is 0 Å². The highest BCUT2D eigenvalue weighted by Gasteiger charge is 2.17. The summed E-state index contributed by atoms with van der Waals surface area (Å²) < 4.78 is 17.2. The molecule has 0 aliphatic rings. The van der Waals surface area contributed by atoms with E-state index in [4.69, 9.17) is 14.2 Å². The zero-order valence-corrected chi connectivity index (χ0v) is 37.8. The second kappa shape index (κ2) is 48.2. The maximum Gasteiger partial charge on any atom is 0.306 e. The molecule has 0 aromatic heterocycles. The van der Waals surface area contributed by atoms with Gasteiger partial charge in [-0.1, -0.05) is 182 Å². The van der Waals surface area contributed by atoms with Gasteiger partial charge in [-0.05, 0) is 103 Å². The first-order valence-corrected chi connectivity index (χ1v) is 23.8. The van der Waals surface area contributed by atoms with Crippen molar-refractivity contribution < 1.29 is 23.8 Å². The van der Waals surface area contributed by atoms with E-state index in [1.165, 1.54) is 57.8 Å². The summed E-state index contributed by atoms with van der Waals surface area (Å²) in [6.45, 7) is 7.48. The quantitative estimate of drug-likeness (QED) is 0.0349. The molecule has 0 rings (SSSR count). The zero-order valence-electron chi connectivity index (χ0n) is 37.8. The second-order valence-corrected chi connectivity index (χ2v) is 15.3. The summed E-state index contributed by atoms with van der Waals surface area (Å²) in [6.07, 6.45) is 64.4. The first-order valence-electron chi connectivity index (χ1n) is 23.8. The average Bonchev–Trinajstić information content (AvgIpc) is 3.22. The molecule has 0 aliphatic heterocycles. The Hall–Kier alpha value is -3.18. The molecule has 0 saturated carbocycles. The van der Waals surface area contributed by atoms with Gasteiger partial charge < -0.3 is 14.2 Å². The molecule has 5 heteroatoms. The van der Waals surface area contributed by atoms with Crippen LogP contribution in [0.2, 0.25) is 0 Å². The molecule has 0 bridgehead atoms. The van der Waals surface area contributed by atoms with Gasteiger partial charge in [-0.15, -0.1) is 0 Å². The van der Waals surface area contributed by atoms with E-state index in [1.54, 1.807) is 0 Å². The number of carbonyl (C=O) groups is 2. The number of unbranched alkanes of at least 4 members (excludes halogenated alkanes) is 15. The van der Waals surface area contributed by atoms with E-state index < -0.39 is 6.10 Å². The molecule has 0 fully saturated rings. The van der Waals surface area contributed by atoms with Gasteiger partial charge >= 0.3 is 11.9 Å². The number of rotatable bonds is 42. The molecule has 0 aliphatic carbocycles. The molecule has 0 aromatic rings. The minimum Gasteiger partial charge on any atom is -0.462 e. The molecule has 1 atom stereocenters. The summed E-state index contributed by atoms with van der Waals surface area (Å²) in [7, 11) is 0. The van der Waals surface area contributed by atoms with Crippen LogP contribution < -0.4 is 0 Å². The van der Waals surface area contributed by atoms with Gasteiger partial charge in [0.05, 0.1) is 6.61 Å². The predicted octanol–water partition coefficient (Wildman–Crippen LogP) is 15.9. The molecular formula is C53H88O5. The number of carbonyl (C=O) groups excluding carboxylic acids is 2. The summed E-state index contributed by atoms with van der Waals surface area (Å²) >= 11 is 0. The SMILES string of the molecule is CC/C=C\C/C=C\C/C=C\C/C=C\C/C=C\CCCCOCC(COC(=O)CCCCCCCC/C=C\C/C=C\C/C=C\CCCCC)OC(=O)CCCCCCC. The lowest BCUT2D eigenvalue weighted by molar-refractivity contribution is -0.163. The van der Waals surface area contributed by atoms with Gasteiger partial charge in [0.1, 0.15) is 6.61 Å². The molecule has 5 nitrogen and oxygen atoms in total. The van der Waals surface area contributed by atoms with Gasteiger partial charge in [0, 0.05) is 19.4 Å². The monoisotopic (exact) mass is 805 g/mol. The molecule has 330 valence electrons. The van der Waals surface area contributed by atoms with Crippen molar-refractivity contribution in [2.24, 2.45) is 0 Å². The average molecular weight is 805 g/mol. The van der Waals surface area contributed by atoms with E-state index in [1.807, 2.05) is 0 Å². The van der Waals surface area contributed by atoms with Crippen LogP contribution >= 0.6 is 0 Å². The lowest BCUT2D eigenvalue weighted by Crippen LogP contribution is -2.30. The number of hydrogen-bond donors (Lipinski definition) is 0. The second-order valence-electron chi connectivity index (χ2n) is 15.3. The van der Waals surface area contributed by atoms with Crippen molar-refractivity contribution in [2.75, 3.05) is 19.8 Å². The Morgan fingerprint density at radius 1 is 0.397 bits per heavy atom. The van der Waals surface area contributed by atoms with E-state index in [0.717, 1.165) is 109 Å². The molecule has 0 amide bonds. The van der Waals surface area contributed by atoms with Crippen LogP contribution in [-0.2, 0) is 23.8 Å². The van der Waals surface area contributed by atoms with Crippen LogP contribution in [0.15, 0.2) is 97.2 Å². The number of allylic oxidation sites excluding steroid dienone is 16. The van der Waals surface area contributed by atoms with Crippen molar-refractivity contribution in [3.8, 4) is 0 Å². The highest BCUT2D eigenvalue weighted by atomic mass is 16.6. The van der Waals surface area contributed by atoms with Gasteiger partial charge in [-0.25, -0.2) is 0 Å². The first kappa shape index (κ1) is 54.8. The smallest absolute Gasteiger partial charge is 0.306 e. The molecule has 0 aromatic carbocycles. The Bertz CT molecular complexity index is 1140. The summed E-state index contributed by atoms with van der Waals surface area (Å²) in [5, 5.41) is 0. The summed E-state index contributed by atoms with van der Waals surface area (Å²) in [4.78, 5) is 25.1. The Kier molecular flexibility index (Phi) is 45.5. The van der Waals surface area contributed by atoms with Crippen LogP contribution in [0.3, 0.4) is 0 Å². The van der Waals surface area contributed by atoms with Crippen LogP contribution in [0.5, 0.6) is 0 Å². The number of hydrogen-bond acceptors (Lipinski definition) is 5. The van der Waals surface area contributed by atoms with Gasteiger partial charge in [0.15, 0.2) is 6.10 Å². The normalized spacial score (nSPS) is 13.1. The molecule has 0 N–H and O–H groups in total. The maximum absolute atomic E-state index is 12.6. The lowest BCUT2D eigenvalue weighted by Gasteiger charge is -2.18. The van der Waals surface area contributed by atoms with Crippen molar-refractivity contribution in [3.63, 3.8) is 0 Å². The third-order valence-corrected chi connectivity index (χ3v) is 9.60. The van der Waals surface area contributed by atoms with Crippen LogP contribution in [0.4, 0.5) is 0 Å². The molecule has 0 saturated heterocycles. The van der Waals surface area contributed by atoms with Crippen molar-refractivity contribution in [1.29, 1.82) is 0 Å². The minimum absolute atomic E-state index is 0.0555. The highest BCUT2D eigenvalue weighted by Crippen LogP contribution is 2.12. The topological polar surface area (TPSA) is 61.8 Å². The number of ether oxygens (including phenoxy) is 3. The van der Waals surface area contributed by atoms with Gasteiger partial charge in [0.25, 0.3) is 0 Å². The van der Waals surface area contributed by atoms with Crippen molar-refractivity contribution in [1.82, 2.24) is 0 Å². The Labute approximate surface area is 358 Å². The highest BCUT2D eigenvalue weighted by molar-refractivity contribution is 5.70. The minimum atomic E-state index is -0.564.